The normalized spacial score (nSPS) is 15.4. The topological polar surface area (TPSA) is 52.3 Å². The van der Waals surface area contributed by atoms with Gasteiger partial charge in [-0.25, -0.2) is 14.0 Å². The van der Waals surface area contributed by atoms with Gasteiger partial charge in [-0.2, -0.15) is 5.10 Å². The van der Waals surface area contributed by atoms with Crippen LogP contribution in [0.3, 0.4) is 0 Å². The van der Waals surface area contributed by atoms with Crippen LogP contribution in [-0.4, -0.2) is 45.5 Å². The van der Waals surface area contributed by atoms with E-state index in [1.165, 1.54) is 0 Å². The van der Waals surface area contributed by atoms with Crippen LogP contribution in [0, 0.1) is 5.92 Å². The minimum absolute atomic E-state index is 0.0761. The summed E-state index contributed by atoms with van der Waals surface area (Å²) < 4.78 is 9.98. The van der Waals surface area contributed by atoms with E-state index in [9.17, 15) is 4.79 Å². The van der Waals surface area contributed by atoms with Crippen molar-refractivity contribution in [3.63, 3.8) is 0 Å². The van der Waals surface area contributed by atoms with Crippen molar-refractivity contribution >= 4 is 15.9 Å². The van der Waals surface area contributed by atoms with E-state index in [4.69, 9.17) is 4.74 Å². The van der Waals surface area contributed by atoms with Crippen LogP contribution < -0.4 is 10.4 Å². The second kappa shape index (κ2) is 10.1. The SMILES string of the molecule is O=c1n(-c2ccc(Br)cc2)cnn1CCC1CCN(CCOc2ccccc2)CC1. The summed E-state index contributed by atoms with van der Waals surface area (Å²) >= 11 is 3.42. The van der Waals surface area contributed by atoms with Gasteiger partial charge in [0.25, 0.3) is 0 Å². The second-order valence-corrected chi connectivity index (χ2v) is 8.63. The predicted molar refractivity (Wildman–Crippen MR) is 121 cm³/mol. The smallest absolute Gasteiger partial charge is 0.350 e. The van der Waals surface area contributed by atoms with Crippen molar-refractivity contribution in [1.82, 2.24) is 19.2 Å². The summed E-state index contributed by atoms with van der Waals surface area (Å²) in [6.07, 6.45) is 4.92. The van der Waals surface area contributed by atoms with Crippen molar-refractivity contribution in [3.8, 4) is 11.4 Å². The Balaban J connectivity index is 1.20. The van der Waals surface area contributed by atoms with Crippen LogP contribution in [0.15, 0.2) is 70.2 Å². The first-order chi connectivity index (χ1) is 14.7. The van der Waals surface area contributed by atoms with Gasteiger partial charge >= 0.3 is 5.69 Å². The molecule has 0 saturated carbocycles. The molecule has 7 heteroatoms. The molecule has 3 aromatic rings. The third-order valence-corrected chi connectivity index (χ3v) is 6.24. The Morgan fingerprint density at radius 1 is 1.00 bits per heavy atom. The summed E-state index contributed by atoms with van der Waals surface area (Å²) in [6.45, 7) is 4.52. The number of aromatic nitrogens is 3. The third-order valence-electron chi connectivity index (χ3n) is 5.71. The van der Waals surface area contributed by atoms with Gasteiger partial charge in [0.15, 0.2) is 0 Å². The molecular weight excluding hydrogens is 444 g/mol. The van der Waals surface area contributed by atoms with Crippen molar-refractivity contribution in [3.05, 3.63) is 75.9 Å². The van der Waals surface area contributed by atoms with Crippen molar-refractivity contribution in [2.24, 2.45) is 5.92 Å². The maximum Gasteiger partial charge on any atom is 0.350 e. The first-order valence-electron chi connectivity index (χ1n) is 10.5. The summed E-state index contributed by atoms with van der Waals surface area (Å²) in [5.41, 5.74) is 0.758. The maximum atomic E-state index is 12.6. The number of aryl methyl sites for hydroxylation is 1. The highest BCUT2D eigenvalue weighted by atomic mass is 79.9. The lowest BCUT2D eigenvalue weighted by atomic mass is 9.93. The van der Waals surface area contributed by atoms with E-state index in [0.717, 1.165) is 61.4 Å². The van der Waals surface area contributed by atoms with E-state index in [0.29, 0.717) is 12.5 Å². The molecule has 6 nitrogen and oxygen atoms in total. The summed E-state index contributed by atoms with van der Waals surface area (Å²) in [7, 11) is 0. The van der Waals surface area contributed by atoms with Gasteiger partial charge in [-0.05, 0) is 74.7 Å². The molecule has 0 bridgehead atoms. The van der Waals surface area contributed by atoms with E-state index in [1.807, 2.05) is 54.6 Å². The molecule has 1 saturated heterocycles. The molecule has 0 aliphatic carbocycles. The largest absolute Gasteiger partial charge is 0.492 e. The van der Waals surface area contributed by atoms with E-state index < -0.39 is 0 Å². The lowest BCUT2D eigenvalue weighted by molar-refractivity contribution is 0.149. The molecule has 0 spiro atoms. The van der Waals surface area contributed by atoms with Crippen LogP contribution in [0.1, 0.15) is 19.3 Å². The number of ether oxygens (including phenoxy) is 1. The summed E-state index contributed by atoms with van der Waals surface area (Å²) in [5.74, 6) is 1.57. The van der Waals surface area contributed by atoms with Crippen LogP contribution in [0.2, 0.25) is 0 Å². The highest BCUT2D eigenvalue weighted by Gasteiger charge is 2.19. The van der Waals surface area contributed by atoms with E-state index in [-0.39, 0.29) is 5.69 Å². The number of para-hydroxylation sites is 1. The predicted octanol–water partition coefficient (Wildman–Crippen LogP) is 3.98. The molecule has 0 radical (unpaired) electrons. The van der Waals surface area contributed by atoms with Crippen molar-refractivity contribution in [1.29, 1.82) is 0 Å². The fraction of sp³-hybridized carbons (Fsp3) is 0.391. The van der Waals surface area contributed by atoms with Gasteiger partial charge in [0.05, 0.1) is 5.69 Å². The van der Waals surface area contributed by atoms with Gasteiger partial charge in [-0.15, -0.1) is 0 Å². The lowest BCUT2D eigenvalue weighted by Crippen LogP contribution is -2.37. The van der Waals surface area contributed by atoms with Gasteiger partial charge in [-0.3, -0.25) is 4.90 Å². The Hall–Kier alpha value is -2.38. The molecule has 0 atom stereocenters. The fourth-order valence-corrected chi connectivity index (χ4v) is 4.15. The number of benzene rings is 2. The molecule has 0 amide bonds. The molecule has 2 heterocycles. The fourth-order valence-electron chi connectivity index (χ4n) is 3.88. The zero-order valence-corrected chi connectivity index (χ0v) is 18.6. The minimum Gasteiger partial charge on any atom is -0.492 e. The van der Waals surface area contributed by atoms with Gasteiger partial charge in [0.2, 0.25) is 0 Å². The Morgan fingerprint density at radius 2 is 1.73 bits per heavy atom. The monoisotopic (exact) mass is 470 g/mol. The average Bonchev–Trinajstić information content (AvgIpc) is 3.15. The molecule has 1 aliphatic rings. The zero-order valence-electron chi connectivity index (χ0n) is 17.0. The van der Waals surface area contributed by atoms with E-state index >= 15 is 0 Å². The Kier molecular flexibility index (Phi) is 7.02. The molecule has 0 unspecified atom stereocenters. The highest BCUT2D eigenvalue weighted by molar-refractivity contribution is 9.10. The van der Waals surface area contributed by atoms with Crippen molar-refractivity contribution in [2.45, 2.75) is 25.8 Å². The Morgan fingerprint density at radius 3 is 2.47 bits per heavy atom. The zero-order chi connectivity index (χ0) is 20.8. The molecule has 1 fully saturated rings. The molecular formula is C23H27BrN4O2. The van der Waals surface area contributed by atoms with Gasteiger partial charge in [-0.1, -0.05) is 34.1 Å². The number of hydrogen-bond acceptors (Lipinski definition) is 4. The number of halogens is 1. The number of nitrogens with zero attached hydrogens (tertiary/aromatic N) is 4. The molecule has 158 valence electrons. The first kappa shape index (κ1) is 20.9. The Bertz CT molecular complexity index is 976. The highest BCUT2D eigenvalue weighted by Crippen LogP contribution is 2.21. The molecule has 4 rings (SSSR count). The standard InChI is InChI=1S/C23H27BrN4O2/c24-20-6-8-21(9-7-20)27-18-25-28(23(27)29)15-12-19-10-13-26(14-11-19)16-17-30-22-4-2-1-3-5-22/h1-9,18-19H,10-17H2. The Labute approximate surface area is 185 Å². The quantitative estimate of drug-likeness (QED) is 0.499. The molecule has 2 aromatic carbocycles. The third kappa shape index (κ3) is 5.40. The van der Waals surface area contributed by atoms with Crippen LogP contribution >= 0.6 is 15.9 Å². The number of hydrogen-bond donors (Lipinski definition) is 0. The average molecular weight is 471 g/mol. The molecule has 1 aromatic heterocycles. The lowest BCUT2D eigenvalue weighted by Gasteiger charge is -2.31. The van der Waals surface area contributed by atoms with Crippen molar-refractivity contribution < 1.29 is 4.74 Å². The van der Waals surface area contributed by atoms with Crippen molar-refractivity contribution in [2.75, 3.05) is 26.2 Å². The summed E-state index contributed by atoms with van der Waals surface area (Å²) in [4.78, 5) is 15.1. The summed E-state index contributed by atoms with van der Waals surface area (Å²) in [5, 5.41) is 4.31. The van der Waals surface area contributed by atoms with E-state index in [2.05, 4.69) is 25.9 Å². The van der Waals surface area contributed by atoms with Gasteiger partial charge in [0, 0.05) is 17.6 Å². The minimum atomic E-state index is -0.0761. The van der Waals surface area contributed by atoms with Crippen LogP contribution in [0.4, 0.5) is 0 Å². The van der Waals surface area contributed by atoms with Gasteiger partial charge in [0.1, 0.15) is 18.7 Å². The molecule has 30 heavy (non-hydrogen) atoms. The number of rotatable bonds is 8. The van der Waals surface area contributed by atoms with E-state index in [1.54, 1.807) is 15.6 Å². The van der Waals surface area contributed by atoms with Gasteiger partial charge < -0.3 is 4.74 Å². The molecule has 1 aliphatic heterocycles. The maximum absolute atomic E-state index is 12.6. The number of likely N-dealkylation sites (tertiary alicyclic amines) is 1. The first-order valence-corrected chi connectivity index (χ1v) is 11.3. The second-order valence-electron chi connectivity index (χ2n) is 7.72. The van der Waals surface area contributed by atoms with Crippen LogP contribution in [-0.2, 0) is 6.54 Å². The summed E-state index contributed by atoms with van der Waals surface area (Å²) in [6, 6.07) is 17.6. The van der Waals surface area contributed by atoms with Crippen LogP contribution in [0.25, 0.3) is 5.69 Å². The molecule has 0 N–H and O–H groups in total. The van der Waals surface area contributed by atoms with Crippen LogP contribution in [0.5, 0.6) is 5.75 Å². The number of piperidine rings is 1.